The van der Waals surface area contributed by atoms with Crippen LogP contribution in [-0.2, 0) is 0 Å². The fourth-order valence-electron chi connectivity index (χ4n) is 2.55. The molecule has 7 nitrogen and oxygen atoms in total. The number of nitrogens with one attached hydrogen (secondary N) is 1. The van der Waals surface area contributed by atoms with Crippen molar-refractivity contribution in [1.29, 1.82) is 0 Å². The van der Waals surface area contributed by atoms with Gasteiger partial charge in [0.05, 0.1) is 29.1 Å². The molecule has 0 fully saturated rings. The number of nitrogens with zero attached hydrogens (tertiary/aromatic N) is 4. The molecule has 25 heavy (non-hydrogen) atoms. The summed E-state index contributed by atoms with van der Waals surface area (Å²) >= 11 is 0. The molecule has 0 saturated heterocycles. The number of ether oxygens (including phenoxy) is 1. The van der Waals surface area contributed by atoms with E-state index in [4.69, 9.17) is 4.74 Å². The van der Waals surface area contributed by atoms with E-state index in [0.29, 0.717) is 29.8 Å². The SMILES string of the molecule is CCOc1ccc2nc(Nc3ncc(C(C)=O)c(C)n3)nc(C)c2c1. The van der Waals surface area contributed by atoms with Gasteiger partial charge in [-0.3, -0.25) is 10.1 Å². The van der Waals surface area contributed by atoms with Crippen LogP contribution in [0.5, 0.6) is 5.75 Å². The van der Waals surface area contributed by atoms with Crippen LogP contribution in [0.2, 0.25) is 0 Å². The summed E-state index contributed by atoms with van der Waals surface area (Å²) < 4.78 is 5.52. The van der Waals surface area contributed by atoms with Gasteiger partial charge in [-0.15, -0.1) is 0 Å². The predicted molar refractivity (Wildman–Crippen MR) is 95.5 cm³/mol. The topological polar surface area (TPSA) is 89.9 Å². The molecular weight excluding hydrogens is 318 g/mol. The third kappa shape index (κ3) is 3.55. The number of carbonyl (C=O) groups is 1. The minimum absolute atomic E-state index is 0.0630. The molecule has 0 atom stereocenters. The Morgan fingerprint density at radius 3 is 2.56 bits per heavy atom. The fourth-order valence-corrected chi connectivity index (χ4v) is 2.55. The first kappa shape index (κ1) is 16.8. The number of aryl methyl sites for hydroxylation is 2. The fraction of sp³-hybridized carbons (Fsp3) is 0.278. The Morgan fingerprint density at radius 2 is 1.88 bits per heavy atom. The van der Waals surface area contributed by atoms with Crippen LogP contribution in [0.25, 0.3) is 10.9 Å². The Morgan fingerprint density at radius 1 is 1.12 bits per heavy atom. The molecule has 0 amide bonds. The summed E-state index contributed by atoms with van der Waals surface area (Å²) in [6, 6.07) is 5.70. The number of rotatable bonds is 5. The van der Waals surface area contributed by atoms with E-state index in [1.807, 2.05) is 32.0 Å². The zero-order valence-corrected chi connectivity index (χ0v) is 14.6. The second-order valence-corrected chi connectivity index (χ2v) is 5.62. The van der Waals surface area contributed by atoms with Gasteiger partial charge in [0, 0.05) is 11.6 Å². The number of aromatic nitrogens is 4. The highest BCUT2D eigenvalue weighted by Gasteiger charge is 2.10. The van der Waals surface area contributed by atoms with Gasteiger partial charge in [-0.1, -0.05) is 0 Å². The third-order valence-corrected chi connectivity index (χ3v) is 3.75. The van der Waals surface area contributed by atoms with Gasteiger partial charge >= 0.3 is 0 Å². The Hall–Kier alpha value is -3.09. The molecule has 0 spiro atoms. The predicted octanol–water partition coefficient (Wildman–Crippen LogP) is 3.38. The highest BCUT2D eigenvalue weighted by molar-refractivity contribution is 5.94. The van der Waals surface area contributed by atoms with Gasteiger partial charge in [-0.2, -0.15) is 0 Å². The number of hydrogen-bond donors (Lipinski definition) is 1. The van der Waals surface area contributed by atoms with E-state index in [-0.39, 0.29) is 5.78 Å². The molecular formula is C18H19N5O2. The second kappa shape index (κ2) is 6.80. The smallest absolute Gasteiger partial charge is 0.230 e. The maximum atomic E-state index is 11.5. The highest BCUT2D eigenvalue weighted by atomic mass is 16.5. The number of carbonyl (C=O) groups excluding carboxylic acids is 1. The van der Waals surface area contributed by atoms with E-state index < -0.39 is 0 Å². The Labute approximate surface area is 145 Å². The molecule has 0 saturated carbocycles. The molecule has 0 aliphatic rings. The van der Waals surface area contributed by atoms with Crippen LogP contribution < -0.4 is 10.1 Å². The Balaban J connectivity index is 1.93. The monoisotopic (exact) mass is 337 g/mol. The summed E-state index contributed by atoms with van der Waals surface area (Å²) in [5, 5.41) is 3.93. The standard InChI is InChI=1S/C18H19N5O2/c1-5-25-13-6-7-16-14(8-13)10(2)21-18(22-16)23-17-19-9-15(12(4)24)11(3)20-17/h6-9H,5H2,1-4H3,(H,19,20,21,22,23). The first-order valence-corrected chi connectivity index (χ1v) is 8.00. The summed E-state index contributed by atoms with van der Waals surface area (Å²) in [5.74, 6) is 1.49. The van der Waals surface area contributed by atoms with E-state index in [1.165, 1.54) is 13.1 Å². The molecule has 1 aromatic carbocycles. The van der Waals surface area contributed by atoms with Crippen molar-refractivity contribution in [3.05, 3.63) is 41.3 Å². The first-order chi connectivity index (χ1) is 12.0. The quantitative estimate of drug-likeness (QED) is 0.714. The summed E-state index contributed by atoms with van der Waals surface area (Å²) in [7, 11) is 0. The highest BCUT2D eigenvalue weighted by Crippen LogP contribution is 2.23. The molecule has 3 rings (SSSR count). The van der Waals surface area contributed by atoms with E-state index >= 15 is 0 Å². The summed E-state index contributed by atoms with van der Waals surface area (Å²) in [6.07, 6.45) is 1.51. The Bertz CT molecular complexity index is 956. The minimum Gasteiger partial charge on any atom is -0.494 e. The van der Waals surface area contributed by atoms with Crippen LogP contribution in [0, 0.1) is 13.8 Å². The van der Waals surface area contributed by atoms with E-state index in [0.717, 1.165) is 22.3 Å². The number of fused-ring (bicyclic) bond motifs is 1. The largest absolute Gasteiger partial charge is 0.494 e. The van der Waals surface area contributed by atoms with Crippen LogP contribution in [0.15, 0.2) is 24.4 Å². The number of anilines is 2. The van der Waals surface area contributed by atoms with Gasteiger partial charge < -0.3 is 4.74 Å². The van der Waals surface area contributed by atoms with E-state index in [9.17, 15) is 4.79 Å². The average Bonchev–Trinajstić information content (AvgIpc) is 2.55. The summed E-state index contributed by atoms with van der Waals surface area (Å²) in [4.78, 5) is 28.9. The molecule has 7 heteroatoms. The molecule has 0 aliphatic carbocycles. The zero-order chi connectivity index (χ0) is 18.0. The van der Waals surface area contributed by atoms with Gasteiger partial charge in [0.25, 0.3) is 0 Å². The lowest BCUT2D eigenvalue weighted by molar-refractivity contribution is 0.101. The zero-order valence-electron chi connectivity index (χ0n) is 14.6. The van der Waals surface area contributed by atoms with Crippen LogP contribution in [0.1, 0.15) is 35.6 Å². The van der Waals surface area contributed by atoms with Gasteiger partial charge in [0.2, 0.25) is 11.9 Å². The van der Waals surface area contributed by atoms with Crippen LogP contribution >= 0.6 is 0 Å². The lowest BCUT2D eigenvalue weighted by atomic mass is 10.2. The van der Waals surface area contributed by atoms with Gasteiger partial charge in [0.1, 0.15) is 5.75 Å². The number of hydrogen-bond acceptors (Lipinski definition) is 7. The molecule has 128 valence electrons. The molecule has 0 bridgehead atoms. The molecule has 2 heterocycles. The van der Waals surface area contributed by atoms with Crippen molar-refractivity contribution in [1.82, 2.24) is 19.9 Å². The van der Waals surface area contributed by atoms with Crippen molar-refractivity contribution in [2.45, 2.75) is 27.7 Å². The maximum Gasteiger partial charge on any atom is 0.230 e. The van der Waals surface area contributed by atoms with E-state index in [1.54, 1.807) is 6.92 Å². The summed E-state index contributed by atoms with van der Waals surface area (Å²) in [5.41, 5.74) is 2.75. The van der Waals surface area contributed by atoms with Crippen molar-refractivity contribution in [2.75, 3.05) is 11.9 Å². The van der Waals surface area contributed by atoms with Gasteiger partial charge in [-0.05, 0) is 45.9 Å². The Kier molecular flexibility index (Phi) is 4.56. The van der Waals surface area contributed by atoms with E-state index in [2.05, 4.69) is 25.3 Å². The number of benzene rings is 1. The van der Waals surface area contributed by atoms with Crippen molar-refractivity contribution in [3.8, 4) is 5.75 Å². The molecule has 2 aromatic heterocycles. The van der Waals surface area contributed by atoms with Crippen LogP contribution in [0.3, 0.4) is 0 Å². The van der Waals surface area contributed by atoms with Gasteiger partial charge in [0.15, 0.2) is 5.78 Å². The van der Waals surface area contributed by atoms with Crippen LogP contribution in [-0.4, -0.2) is 32.3 Å². The molecule has 3 aromatic rings. The van der Waals surface area contributed by atoms with Crippen LogP contribution in [0.4, 0.5) is 11.9 Å². The number of ketones is 1. The molecule has 0 unspecified atom stereocenters. The maximum absolute atomic E-state index is 11.5. The van der Waals surface area contributed by atoms with Crippen molar-refractivity contribution in [2.24, 2.45) is 0 Å². The van der Waals surface area contributed by atoms with Gasteiger partial charge in [-0.25, -0.2) is 19.9 Å². The molecule has 1 N–H and O–H groups in total. The van der Waals surface area contributed by atoms with Crippen molar-refractivity contribution < 1.29 is 9.53 Å². The average molecular weight is 337 g/mol. The molecule has 0 aliphatic heterocycles. The summed E-state index contributed by atoms with van der Waals surface area (Å²) in [6.45, 7) is 7.73. The third-order valence-electron chi connectivity index (χ3n) is 3.75. The normalized spacial score (nSPS) is 10.7. The first-order valence-electron chi connectivity index (χ1n) is 8.00. The number of Topliss-reactive ketones (excluding diaryl/α,β-unsaturated/α-hetero) is 1. The second-order valence-electron chi connectivity index (χ2n) is 5.62. The minimum atomic E-state index is -0.0630. The van der Waals surface area contributed by atoms with Crippen molar-refractivity contribution >= 4 is 28.6 Å². The van der Waals surface area contributed by atoms with Crippen molar-refractivity contribution in [3.63, 3.8) is 0 Å². The lowest BCUT2D eigenvalue weighted by Crippen LogP contribution is -2.06. The lowest BCUT2D eigenvalue weighted by Gasteiger charge is -2.09. The molecule has 0 radical (unpaired) electrons.